The van der Waals surface area contributed by atoms with E-state index in [1.165, 1.54) is 12.7 Å². The second-order valence-electron chi connectivity index (χ2n) is 8.67. The lowest BCUT2D eigenvalue weighted by atomic mass is 10.1. The first-order chi connectivity index (χ1) is 19.3. The third-order valence-electron chi connectivity index (χ3n) is 6.23. The first-order valence-electron chi connectivity index (χ1n) is 11.8. The van der Waals surface area contributed by atoms with Crippen LogP contribution in [0.1, 0.15) is 18.9 Å². The largest absolute Gasteiger partial charge is 0.697 e. The second kappa shape index (κ2) is 12.4. The van der Waals surface area contributed by atoms with Gasteiger partial charge in [-0.25, -0.2) is 28.5 Å². The van der Waals surface area contributed by atoms with Crippen molar-refractivity contribution in [2.24, 2.45) is 0 Å². The molecule has 2 aliphatic heterocycles. The van der Waals surface area contributed by atoms with E-state index in [4.69, 9.17) is 28.8 Å². The minimum Gasteiger partial charge on any atom is -0.382 e. The number of nitrogens with zero attached hydrogens (tertiary/aromatic N) is 5. The topological polar surface area (TPSA) is 197 Å². The first kappa shape index (κ1) is 28.7. The maximum absolute atomic E-state index is 15.3. The molecule has 216 valence electrons. The minimum atomic E-state index is -2.50. The van der Waals surface area contributed by atoms with Crippen LogP contribution in [-0.4, -0.2) is 80.0 Å². The van der Waals surface area contributed by atoms with Crippen LogP contribution in [0.15, 0.2) is 34.5 Å². The molecule has 5 rings (SSSR count). The molecular weight excluding hydrogens is 582 g/mol. The number of anilines is 1. The van der Waals surface area contributed by atoms with Crippen LogP contribution in [0.2, 0.25) is 0 Å². The summed E-state index contributed by atoms with van der Waals surface area (Å²) in [4.78, 5) is 38.0. The van der Waals surface area contributed by atoms with Gasteiger partial charge >= 0.3 is 13.9 Å². The lowest BCUT2D eigenvalue weighted by Gasteiger charge is -2.21. The van der Waals surface area contributed by atoms with E-state index in [0.29, 0.717) is 11.2 Å². The van der Waals surface area contributed by atoms with Crippen molar-refractivity contribution >= 4 is 34.3 Å². The summed E-state index contributed by atoms with van der Waals surface area (Å²) in [6.45, 7) is -0.697. The molecule has 3 N–H and O–H groups in total. The van der Waals surface area contributed by atoms with Crippen molar-refractivity contribution < 1.29 is 40.9 Å². The molecule has 0 radical (unpaired) electrons. The molecule has 3 aromatic rings. The fourth-order valence-electron chi connectivity index (χ4n) is 4.29. The van der Waals surface area contributed by atoms with Gasteiger partial charge in [0, 0.05) is 23.2 Å². The molecule has 0 spiro atoms. The van der Waals surface area contributed by atoms with E-state index in [1.54, 1.807) is 4.57 Å². The van der Waals surface area contributed by atoms with Gasteiger partial charge in [0.1, 0.15) is 49.2 Å². The standard InChI is InChI=1S/C20H23F2N7O9P2/c1-33-40(32)35-6-11-14(22)16(19(37-11)28-3-2-12(30)27-20(28)31)38-39-34-5-10-9(21)4-13(36-10)29-8-26-15-17(23)24-7-25-18(15)29/h2-3,7-11,13-14,16,19,39H,4-6H2,1H3,(H2-,23,24,25,27,30,31)/p+1/t9-,10+,11+,13+,14+,16+,19+/m0/s1. The van der Waals surface area contributed by atoms with Crippen molar-refractivity contribution in [1.82, 2.24) is 29.1 Å². The highest BCUT2D eigenvalue weighted by atomic mass is 31.1. The van der Waals surface area contributed by atoms with Crippen molar-refractivity contribution in [2.75, 3.05) is 26.1 Å². The number of imidazole rings is 1. The summed E-state index contributed by atoms with van der Waals surface area (Å²) in [5.41, 5.74) is 5.03. The SMILES string of the molecule is CO[P+](=O)OC[C@H]1O[C@@H](n2ccc(=O)[nH]c2=O)[C@H](OPOC[C@H]2O[C@@H](n3cnc4c(N)ncnc43)C[C@@H]2F)[C@@H]1F. The zero-order chi connectivity index (χ0) is 28.4. The summed E-state index contributed by atoms with van der Waals surface area (Å²) in [7, 11) is -2.16. The number of aromatic nitrogens is 6. The number of alkyl halides is 2. The third kappa shape index (κ3) is 5.94. The molecule has 16 nitrogen and oxygen atoms in total. The van der Waals surface area contributed by atoms with Crippen LogP contribution in [-0.2, 0) is 32.1 Å². The van der Waals surface area contributed by atoms with Gasteiger partial charge in [-0.3, -0.25) is 18.9 Å². The molecule has 0 saturated carbocycles. The van der Waals surface area contributed by atoms with E-state index in [-0.39, 0.29) is 18.8 Å². The smallest absolute Gasteiger partial charge is 0.382 e. The Hall–Kier alpha value is -2.82. The zero-order valence-corrected chi connectivity index (χ0v) is 22.6. The molecule has 3 aromatic heterocycles. The van der Waals surface area contributed by atoms with Crippen molar-refractivity contribution in [2.45, 2.75) is 49.5 Å². The molecule has 9 atom stereocenters. The number of H-pyrrole nitrogens is 1. The Kier molecular flexibility index (Phi) is 8.87. The number of nitrogens with one attached hydrogen (secondary N) is 1. The molecule has 2 saturated heterocycles. The average Bonchev–Trinajstić information content (AvgIpc) is 3.61. The Labute approximate surface area is 226 Å². The molecule has 2 fully saturated rings. The molecule has 2 aliphatic rings. The summed E-state index contributed by atoms with van der Waals surface area (Å²) < 4.78 is 75.9. The molecule has 2 unspecified atom stereocenters. The predicted octanol–water partition coefficient (Wildman–Crippen LogP) is 1.05. The number of nitrogen functional groups attached to an aromatic ring is 1. The number of hydrogen-bond donors (Lipinski definition) is 2. The number of halogens is 2. The molecule has 0 aromatic carbocycles. The van der Waals surface area contributed by atoms with Gasteiger partial charge in [-0.05, 0) is 0 Å². The van der Waals surface area contributed by atoms with Gasteiger partial charge in [-0.2, -0.15) is 0 Å². The van der Waals surface area contributed by atoms with E-state index in [2.05, 4.69) is 24.5 Å². The fourth-order valence-corrected chi connectivity index (χ4v) is 5.32. The van der Waals surface area contributed by atoms with E-state index in [1.807, 2.05) is 0 Å². The van der Waals surface area contributed by atoms with E-state index in [0.717, 1.165) is 23.9 Å². The summed E-state index contributed by atoms with van der Waals surface area (Å²) in [6.07, 6.45) is -5.12. The van der Waals surface area contributed by atoms with Crippen molar-refractivity contribution in [1.29, 1.82) is 0 Å². The highest BCUT2D eigenvalue weighted by Crippen LogP contribution is 2.39. The van der Waals surface area contributed by atoms with Gasteiger partial charge in [0.25, 0.3) is 5.56 Å². The fraction of sp³-hybridized carbons (Fsp3) is 0.550. The van der Waals surface area contributed by atoms with Crippen molar-refractivity contribution in [3.63, 3.8) is 0 Å². The van der Waals surface area contributed by atoms with Crippen LogP contribution in [0.3, 0.4) is 0 Å². The molecule has 0 amide bonds. The highest BCUT2D eigenvalue weighted by molar-refractivity contribution is 7.33. The normalized spacial score (nSPS) is 29.2. The van der Waals surface area contributed by atoms with Crippen LogP contribution < -0.4 is 17.0 Å². The van der Waals surface area contributed by atoms with Gasteiger partial charge in [0.15, 0.2) is 32.9 Å². The van der Waals surface area contributed by atoms with Crippen LogP contribution in [0.4, 0.5) is 14.6 Å². The molecular formula is C20H24F2N7O9P2+. The predicted molar refractivity (Wildman–Crippen MR) is 133 cm³/mol. The second-order valence-corrected chi connectivity index (χ2v) is 10.4. The number of hydrogen-bond acceptors (Lipinski definition) is 13. The van der Waals surface area contributed by atoms with E-state index >= 15 is 4.39 Å². The zero-order valence-electron chi connectivity index (χ0n) is 20.7. The number of rotatable bonds is 11. The van der Waals surface area contributed by atoms with Crippen LogP contribution in [0.5, 0.6) is 0 Å². The van der Waals surface area contributed by atoms with E-state index < -0.39 is 78.3 Å². The Morgan fingerprint density at radius 3 is 2.80 bits per heavy atom. The first-order valence-corrected chi connectivity index (χ1v) is 13.7. The van der Waals surface area contributed by atoms with Crippen molar-refractivity contribution in [3.8, 4) is 0 Å². The summed E-state index contributed by atoms with van der Waals surface area (Å²) in [5, 5.41) is 0. The van der Waals surface area contributed by atoms with Crippen molar-refractivity contribution in [3.05, 3.63) is 45.8 Å². The minimum absolute atomic E-state index is 0.00100. The third-order valence-corrected chi connectivity index (χ3v) is 7.54. The Bertz CT molecular complexity index is 1480. The Balaban J connectivity index is 1.20. The maximum Gasteiger partial charge on any atom is 0.697 e. The number of nitrogens with two attached hydrogens (primary N) is 1. The quantitative estimate of drug-likeness (QED) is 0.232. The maximum atomic E-state index is 15.3. The molecule has 0 bridgehead atoms. The van der Waals surface area contributed by atoms with Crippen LogP contribution in [0, 0.1) is 0 Å². The molecule has 0 aliphatic carbocycles. The molecule has 20 heteroatoms. The van der Waals surface area contributed by atoms with Gasteiger partial charge in [0.05, 0.1) is 20.0 Å². The number of fused-ring (bicyclic) bond motifs is 1. The Morgan fingerprint density at radius 2 is 2.02 bits per heavy atom. The Morgan fingerprint density at radius 1 is 1.20 bits per heavy atom. The molecule has 5 heterocycles. The summed E-state index contributed by atoms with van der Waals surface area (Å²) in [5.74, 6) is 0.183. The summed E-state index contributed by atoms with van der Waals surface area (Å²) in [6, 6.07) is 1.05. The van der Waals surface area contributed by atoms with Gasteiger partial charge < -0.3 is 24.3 Å². The molecule has 40 heavy (non-hydrogen) atoms. The number of aromatic amines is 1. The van der Waals surface area contributed by atoms with E-state index in [9.17, 15) is 18.5 Å². The lowest BCUT2D eigenvalue weighted by molar-refractivity contribution is -0.0484. The monoisotopic (exact) mass is 606 g/mol. The van der Waals surface area contributed by atoms with Crippen LogP contribution >= 0.6 is 17.3 Å². The summed E-state index contributed by atoms with van der Waals surface area (Å²) >= 11 is 0. The van der Waals surface area contributed by atoms with Gasteiger partial charge in [-0.15, -0.1) is 9.05 Å². The number of ether oxygens (including phenoxy) is 2. The lowest BCUT2D eigenvalue weighted by Crippen LogP contribution is -2.37. The average molecular weight is 606 g/mol. The van der Waals surface area contributed by atoms with Gasteiger partial charge in [-0.1, -0.05) is 0 Å². The highest BCUT2D eigenvalue weighted by Gasteiger charge is 2.49. The van der Waals surface area contributed by atoms with Gasteiger partial charge in [0.2, 0.25) is 0 Å². The van der Waals surface area contributed by atoms with Crippen LogP contribution in [0.25, 0.3) is 11.2 Å².